The van der Waals surface area contributed by atoms with Gasteiger partial charge in [0.2, 0.25) is 0 Å². The minimum atomic E-state index is -0.0531. The molecule has 0 spiro atoms. The molecule has 6 aromatic carbocycles. The van der Waals surface area contributed by atoms with E-state index in [1.165, 1.54) is 38.9 Å². The van der Waals surface area contributed by atoms with E-state index in [1.807, 2.05) is 0 Å². The molecular formula is C46H35NO. The smallest absolute Gasteiger partial charge is 0.143 e. The summed E-state index contributed by atoms with van der Waals surface area (Å²) in [6.07, 6.45) is 9.22. The molecule has 230 valence electrons. The number of dihydropyridines is 1. The lowest BCUT2D eigenvalue weighted by atomic mass is 9.83. The van der Waals surface area contributed by atoms with Crippen LogP contribution in [0.5, 0.6) is 0 Å². The van der Waals surface area contributed by atoms with Gasteiger partial charge in [-0.3, -0.25) is 0 Å². The van der Waals surface area contributed by atoms with E-state index in [9.17, 15) is 0 Å². The van der Waals surface area contributed by atoms with Crippen LogP contribution in [0.15, 0.2) is 162 Å². The van der Waals surface area contributed by atoms with E-state index in [2.05, 4.69) is 183 Å². The van der Waals surface area contributed by atoms with Crippen molar-refractivity contribution in [1.82, 2.24) is 5.32 Å². The van der Waals surface area contributed by atoms with Gasteiger partial charge in [0.1, 0.15) is 11.2 Å². The molecule has 1 atom stereocenters. The van der Waals surface area contributed by atoms with Crippen LogP contribution >= 0.6 is 0 Å². The Morgan fingerprint density at radius 1 is 0.604 bits per heavy atom. The number of hydrogen-bond donors (Lipinski definition) is 1. The molecule has 9 rings (SSSR count). The van der Waals surface area contributed by atoms with Crippen molar-refractivity contribution < 1.29 is 4.42 Å². The quantitative estimate of drug-likeness (QED) is 0.208. The molecule has 1 N–H and O–H groups in total. The van der Waals surface area contributed by atoms with E-state index < -0.39 is 0 Å². The predicted octanol–water partition coefficient (Wildman–Crippen LogP) is 12.0. The lowest BCUT2D eigenvalue weighted by molar-refractivity contribution is 0.665. The minimum Gasteiger partial charge on any atom is -0.455 e. The Morgan fingerprint density at radius 2 is 1.25 bits per heavy atom. The molecule has 7 aromatic rings. The standard InChI is InChI=1S/C46H35NO/c1-46(2)26-25-38-40(46)29-39-37-20-12-19-36(44(37)48-45(39)43(38)34-17-10-5-11-18-34)35-27-41(32-15-8-4-9-16-32)47-42(28-35)33-23-21-31(22-24-33)30-13-6-3-7-14-30/h3-29,42,47H,1-2H3. The van der Waals surface area contributed by atoms with Crippen LogP contribution in [-0.2, 0) is 5.41 Å². The molecule has 2 aliphatic rings. The number of furan rings is 1. The van der Waals surface area contributed by atoms with Crippen molar-refractivity contribution in [3.05, 3.63) is 186 Å². The van der Waals surface area contributed by atoms with Crippen molar-refractivity contribution in [1.29, 1.82) is 0 Å². The lowest BCUT2D eigenvalue weighted by Crippen LogP contribution is -2.21. The zero-order valence-electron chi connectivity index (χ0n) is 27.1. The topological polar surface area (TPSA) is 25.2 Å². The molecule has 2 heterocycles. The molecule has 1 aromatic heterocycles. The van der Waals surface area contributed by atoms with Gasteiger partial charge in [0.05, 0.1) is 6.04 Å². The van der Waals surface area contributed by atoms with Crippen LogP contribution in [0.25, 0.3) is 61.5 Å². The van der Waals surface area contributed by atoms with Gasteiger partial charge in [0, 0.05) is 33.0 Å². The second-order valence-corrected chi connectivity index (χ2v) is 13.5. The second kappa shape index (κ2) is 11.1. The summed E-state index contributed by atoms with van der Waals surface area (Å²) >= 11 is 0. The number of allylic oxidation sites excluding steroid dienone is 3. The van der Waals surface area contributed by atoms with Crippen molar-refractivity contribution in [2.24, 2.45) is 0 Å². The summed E-state index contributed by atoms with van der Waals surface area (Å²) in [4.78, 5) is 0. The maximum atomic E-state index is 7.04. The van der Waals surface area contributed by atoms with Gasteiger partial charge in [-0.1, -0.05) is 159 Å². The van der Waals surface area contributed by atoms with Gasteiger partial charge >= 0.3 is 0 Å². The van der Waals surface area contributed by atoms with Gasteiger partial charge in [-0.2, -0.15) is 0 Å². The second-order valence-electron chi connectivity index (χ2n) is 13.5. The first-order valence-electron chi connectivity index (χ1n) is 16.7. The highest BCUT2D eigenvalue weighted by atomic mass is 16.3. The van der Waals surface area contributed by atoms with Gasteiger partial charge < -0.3 is 9.73 Å². The van der Waals surface area contributed by atoms with Crippen LogP contribution in [-0.4, -0.2) is 0 Å². The van der Waals surface area contributed by atoms with Crippen molar-refractivity contribution in [3.8, 4) is 22.3 Å². The SMILES string of the molecule is CC1(C)C=Cc2c1cc1c(oc3c(C4=CC(c5ccc(-c6ccccc6)cc5)NC(c5ccccc5)=C4)cccc31)c2-c1ccccc1. The Morgan fingerprint density at radius 3 is 1.96 bits per heavy atom. The van der Waals surface area contributed by atoms with Crippen LogP contribution in [0, 0.1) is 0 Å². The molecule has 1 aliphatic carbocycles. The third kappa shape index (κ3) is 4.72. The van der Waals surface area contributed by atoms with E-state index in [0.717, 1.165) is 44.3 Å². The molecule has 48 heavy (non-hydrogen) atoms. The number of benzene rings is 6. The van der Waals surface area contributed by atoms with E-state index in [-0.39, 0.29) is 11.5 Å². The highest BCUT2D eigenvalue weighted by Gasteiger charge is 2.31. The minimum absolute atomic E-state index is 0.0146. The van der Waals surface area contributed by atoms with Crippen LogP contribution in [0.1, 0.15) is 47.7 Å². The molecular weight excluding hydrogens is 583 g/mol. The van der Waals surface area contributed by atoms with Gasteiger partial charge in [-0.25, -0.2) is 0 Å². The van der Waals surface area contributed by atoms with Crippen LogP contribution < -0.4 is 5.32 Å². The Balaban J connectivity index is 1.23. The molecule has 1 aliphatic heterocycles. The Labute approximate surface area is 281 Å². The maximum absolute atomic E-state index is 7.04. The average Bonchev–Trinajstić information content (AvgIpc) is 3.67. The molecule has 2 heteroatoms. The normalized spacial score (nSPS) is 16.4. The molecule has 1 unspecified atom stereocenters. The van der Waals surface area contributed by atoms with Crippen molar-refractivity contribution >= 4 is 39.3 Å². The first kappa shape index (κ1) is 28.4. The van der Waals surface area contributed by atoms with Crippen molar-refractivity contribution in [2.75, 3.05) is 0 Å². The first-order valence-corrected chi connectivity index (χ1v) is 16.7. The average molecular weight is 618 g/mol. The Hall–Kier alpha value is -5.86. The number of rotatable bonds is 5. The van der Waals surface area contributed by atoms with Crippen LogP contribution in [0.4, 0.5) is 0 Å². The molecule has 0 radical (unpaired) electrons. The van der Waals surface area contributed by atoms with Crippen molar-refractivity contribution in [3.63, 3.8) is 0 Å². The summed E-state index contributed by atoms with van der Waals surface area (Å²) < 4.78 is 7.04. The summed E-state index contributed by atoms with van der Waals surface area (Å²) in [5, 5.41) is 6.14. The largest absolute Gasteiger partial charge is 0.455 e. The van der Waals surface area contributed by atoms with E-state index >= 15 is 0 Å². The highest BCUT2D eigenvalue weighted by molar-refractivity contribution is 6.14. The third-order valence-electron chi connectivity index (χ3n) is 9.98. The highest BCUT2D eigenvalue weighted by Crippen LogP contribution is 2.48. The Kier molecular flexibility index (Phi) is 6.58. The lowest BCUT2D eigenvalue weighted by Gasteiger charge is -2.26. The van der Waals surface area contributed by atoms with Crippen LogP contribution in [0.2, 0.25) is 0 Å². The number of hydrogen-bond acceptors (Lipinski definition) is 2. The molecule has 0 amide bonds. The Bertz CT molecular complexity index is 2410. The van der Waals surface area contributed by atoms with E-state index in [0.29, 0.717) is 0 Å². The van der Waals surface area contributed by atoms with Gasteiger partial charge in [-0.15, -0.1) is 0 Å². The molecule has 0 bridgehead atoms. The summed E-state index contributed by atoms with van der Waals surface area (Å²) in [6.45, 7) is 4.60. The maximum Gasteiger partial charge on any atom is 0.143 e. The van der Waals surface area contributed by atoms with Gasteiger partial charge in [0.25, 0.3) is 0 Å². The summed E-state index contributed by atoms with van der Waals surface area (Å²) in [5.74, 6) is 0. The summed E-state index contributed by atoms with van der Waals surface area (Å²) in [5.41, 5.74) is 14.9. The molecule has 0 saturated carbocycles. The molecule has 0 saturated heterocycles. The fourth-order valence-corrected chi connectivity index (χ4v) is 7.43. The first-order chi connectivity index (χ1) is 23.5. The molecule has 0 fully saturated rings. The zero-order chi connectivity index (χ0) is 32.2. The van der Waals surface area contributed by atoms with E-state index in [1.54, 1.807) is 0 Å². The fourth-order valence-electron chi connectivity index (χ4n) is 7.43. The number of nitrogens with one attached hydrogen (secondary N) is 1. The van der Waals surface area contributed by atoms with Gasteiger partial charge in [-0.05, 0) is 62.7 Å². The zero-order valence-corrected chi connectivity index (χ0v) is 27.1. The fraction of sp³-hybridized carbons (Fsp3) is 0.0870. The van der Waals surface area contributed by atoms with Gasteiger partial charge in [0.15, 0.2) is 0 Å². The number of fused-ring (bicyclic) bond motifs is 4. The van der Waals surface area contributed by atoms with Crippen molar-refractivity contribution in [2.45, 2.75) is 25.3 Å². The monoisotopic (exact) mass is 617 g/mol. The van der Waals surface area contributed by atoms with E-state index in [4.69, 9.17) is 4.42 Å². The molecule has 2 nitrogen and oxygen atoms in total. The van der Waals surface area contributed by atoms with Crippen LogP contribution in [0.3, 0.4) is 0 Å². The number of para-hydroxylation sites is 1. The summed E-state index contributed by atoms with van der Waals surface area (Å²) in [7, 11) is 0. The summed E-state index contributed by atoms with van der Waals surface area (Å²) in [6, 6.07) is 49.7. The predicted molar refractivity (Wildman–Crippen MR) is 201 cm³/mol. The third-order valence-corrected chi connectivity index (χ3v) is 9.98.